The number of aliphatic hydroxyl groups is 1. The van der Waals surface area contributed by atoms with Crippen molar-refractivity contribution in [3.05, 3.63) is 59.9 Å². The summed E-state index contributed by atoms with van der Waals surface area (Å²) in [4.78, 5) is 23.2. The van der Waals surface area contributed by atoms with Crippen LogP contribution in [0.1, 0.15) is 90.4 Å². The summed E-state index contributed by atoms with van der Waals surface area (Å²) in [5, 5.41) is 14.2. The van der Waals surface area contributed by atoms with E-state index in [1.54, 1.807) is 38.1 Å². The summed E-state index contributed by atoms with van der Waals surface area (Å²) >= 11 is 0. The molecule has 250 valence electrons. The van der Waals surface area contributed by atoms with Crippen LogP contribution in [0.5, 0.6) is 0 Å². The van der Waals surface area contributed by atoms with Gasteiger partial charge in [-0.25, -0.2) is 9.78 Å². The van der Waals surface area contributed by atoms with Crippen LogP contribution in [-0.4, -0.2) is 44.6 Å². The average molecular weight is 651 g/mol. The number of aromatic nitrogens is 3. The normalized spacial score (nSPS) is 22.4. The van der Waals surface area contributed by atoms with E-state index in [4.69, 9.17) is 9.26 Å². The second kappa shape index (κ2) is 11.9. The maximum Gasteiger partial charge on any atom is 0.427 e. The predicted octanol–water partition coefficient (Wildman–Crippen LogP) is 8.29. The number of hydrogen-bond donors (Lipinski definition) is 1. The summed E-state index contributed by atoms with van der Waals surface area (Å²) in [5.74, 6) is -3.73. The zero-order valence-corrected chi connectivity index (χ0v) is 26.5. The fourth-order valence-corrected chi connectivity index (χ4v) is 6.55. The Balaban J connectivity index is 1.43. The minimum Gasteiger partial charge on any atom is -0.433 e. The van der Waals surface area contributed by atoms with Gasteiger partial charge < -0.3 is 14.4 Å². The molecule has 3 atom stereocenters. The SMILES string of the molecule is CC(C)(O)c1ccc(-c2ccnc(N(CC3CCC4(c5noc(C(C)(F)F)n5)CCCC3C4)C(=O)OC(C)(C)C(F)(F)F)c2)cc1. The van der Waals surface area contributed by atoms with Gasteiger partial charge in [0.25, 0.3) is 5.89 Å². The second-order valence-electron chi connectivity index (χ2n) is 13.8. The Hall–Kier alpha value is -3.61. The van der Waals surface area contributed by atoms with Crippen LogP contribution in [0, 0.1) is 11.8 Å². The third kappa shape index (κ3) is 6.89. The van der Waals surface area contributed by atoms with Gasteiger partial charge in [-0.05, 0) is 94.0 Å². The van der Waals surface area contributed by atoms with Crippen molar-refractivity contribution in [3.63, 3.8) is 0 Å². The summed E-state index contributed by atoms with van der Waals surface area (Å²) in [7, 11) is 0. The number of nitrogens with zero attached hydrogens (tertiary/aromatic N) is 4. The molecule has 2 aromatic heterocycles. The van der Waals surface area contributed by atoms with Gasteiger partial charge in [-0.15, -0.1) is 0 Å². The van der Waals surface area contributed by atoms with E-state index >= 15 is 0 Å². The van der Waals surface area contributed by atoms with Crippen molar-refractivity contribution >= 4 is 11.9 Å². The Morgan fingerprint density at radius 3 is 2.33 bits per heavy atom. The van der Waals surface area contributed by atoms with Crippen LogP contribution in [0.25, 0.3) is 11.1 Å². The third-order valence-electron chi connectivity index (χ3n) is 9.43. The van der Waals surface area contributed by atoms with Crippen molar-refractivity contribution in [1.82, 2.24) is 15.1 Å². The van der Waals surface area contributed by atoms with E-state index in [0.29, 0.717) is 43.7 Å². The van der Waals surface area contributed by atoms with Crippen LogP contribution in [0.3, 0.4) is 0 Å². The zero-order chi connectivity index (χ0) is 33.7. The minimum absolute atomic E-state index is 0.0232. The van der Waals surface area contributed by atoms with Crippen molar-refractivity contribution in [3.8, 4) is 11.1 Å². The fraction of sp³-hybridized carbons (Fsp3) is 0.576. The van der Waals surface area contributed by atoms with Crippen LogP contribution < -0.4 is 4.90 Å². The number of pyridine rings is 1. The zero-order valence-electron chi connectivity index (χ0n) is 26.5. The Morgan fingerprint density at radius 2 is 1.72 bits per heavy atom. The third-order valence-corrected chi connectivity index (χ3v) is 9.43. The lowest BCUT2D eigenvalue weighted by Crippen LogP contribution is -2.50. The smallest absolute Gasteiger partial charge is 0.427 e. The van der Waals surface area contributed by atoms with Crippen molar-refractivity contribution in [2.75, 3.05) is 11.4 Å². The highest BCUT2D eigenvalue weighted by Gasteiger charge is 2.52. The van der Waals surface area contributed by atoms with Gasteiger partial charge in [-0.3, -0.25) is 4.90 Å². The highest BCUT2D eigenvalue weighted by molar-refractivity contribution is 5.87. The summed E-state index contributed by atoms with van der Waals surface area (Å²) in [6.45, 7) is 5.68. The summed E-state index contributed by atoms with van der Waals surface area (Å²) in [5.41, 5.74) is -2.22. The molecule has 2 bridgehead atoms. The van der Waals surface area contributed by atoms with Gasteiger partial charge in [0, 0.05) is 25.1 Å². The van der Waals surface area contributed by atoms with Crippen molar-refractivity contribution in [2.24, 2.45) is 11.8 Å². The number of rotatable bonds is 8. The maximum absolute atomic E-state index is 13.9. The van der Waals surface area contributed by atoms with Gasteiger partial charge in [0.15, 0.2) is 5.82 Å². The minimum atomic E-state index is -4.81. The van der Waals surface area contributed by atoms with E-state index in [9.17, 15) is 31.9 Å². The number of hydrogen-bond acceptors (Lipinski definition) is 7. The first kappa shape index (κ1) is 33.7. The maximum atomic E-state index is 13.9. The molecule has 2 fully saturated rings. The van der Waals surface area contributed by atoms with Gasteiger partial charge >= 0.3 is 18.2 Å². The van der Waals surface area contributed by atoms with E-state index < -0.39 is 40.7 Å². The molecule has 1 amide bonds. The highest BCUT2D eigenvalue weighted by Crippen LogP contribution is 2.52. The van der Waals surface area contributed by atoms with Crippen LogP contribution in [0.15, 0.2) is 47.1 Å². The molecule has 13 heteroatoms. The lowest BCUT2D eigenvalue weighted by atomic mass is 9.58. The molecule has 2 aliphatic rings. The number of ether oxygens (including phenoxy) is 1. The molecule has 0 radical (unpaired) electrons. The van der Waals surface area contributed by atoms with Crippen molar-refractivity contribution in [2.45, 2.75) is 102 Å². The molecule has 3 unspecified atom stereocenters. The molecule has 0 spiro atoms. The first-order valence-corrected chi connectivity index (χ1v) is 15.4. The topological polar surface area (TPSA) is 102 Å². The second-order valence-corrected chi connectivity index (χ2v) is 13.8. The van der Waals surface area contributed by atoms with Crippen LogP contribution in [0.4, 0.5) is 32.6 Å². The number of anilines is 1. The molecular weight excluding hydrogens is 611 g/mol. The van der Waals surface area contributed by atoms with Crippen LogP contribution in [0.2, 0.25) is 0 Å². The Labute approximate surface area is 264 Å². The molecule has 5 rings (SSSR count). The molecule has 2 heterocycles. The first-order chi connectivity index (χ1) is 21.3. The molecule has 8 nitrogen and oxygen atoms in total. The average Bonchev–Trinajstić information content (AvgIpc) is 3.48. The van der Waals surface area contributed by atoms with Gasteiger partial charge in [-0.1, -0.05) is 42.3 Å². The van der Waals surface area contributed by atoms with Crippen molar-refractivity contribution < 1.29 is 41.1 Å². The van der Waals surface area contributed by atoms with E-state index in [1.807, 2.05) is 12.1 Å². The monoisotopic (exact) mass is 650 g/mol. The largest absolute Gasteiger partial charge is 0.433 e. The molecule has 1 aromatic carbocycles. The lowest BCUT2D eigenvalue weighted by molar-refractivity contribution is -0.243. The quantitative estimate of drug-likeness (QED) is 0.245. The molecule has 1 N–H and O–H groups in total. The molecule has 0 saturated heterocycles. The number of amides is 1. The van der Waals surface area contributed by atoms with E-state index in [-0.39, 0.29) is 30.0 Å². The first-order valence-electron chi connectivity index (χ1n) is 15.4. The Kier molecular flexibility index (Phi) is 8.71. The molecule has 2 aliphatic carbocycles. The molecule has 2 saturated carbocycles. The number of halogens is 5. The summed E-state index contributed by atoms with van der Waals surface area (Å²) in [6, 6.07) is 10.5. The van der Waals surface area contributed by atoms with Gasteiger partial charge in [0.1, 0.15) is 5.82 Å². The number of carbonyl (C=O) groups excluding carboxylic acids is 1. The van der Waals surface area contributed by atoms with Crippen molar-refractivity contribution in [1.29, 1.82) is 0 Å². The lowest BCUT2D eigenvalue weighted by Gasteiger charge is -2.48. The number of alkyl halides is 5. The number of fused-ring (bicyclic) bond motifs is 2. The van der Waals surface area contributed by atoms with Crippen LogP contribution in [-0.2, 0) is 21.7 Å². The number of benzene rings is 1. The molecular formula is C33H39F5N4O4. The molecule has 3 aromatic rings. The Morgan fingerprint density at radius 1 is 1.02 bits per heavy atom. The van der Waals surface area contributed by atoms with E-state index in [1.165, 1.54) is 11.1 Å². The van der Waals surface area contributed by atoms with Gasteiger partial charge in [0.05, 0.1) is 5.60 Å². The van der Waals surface area contributed by atoms with Crippen LogP contribution >= 0.6 is 0 Å². The van der Waals surface area contributed by atoms with Gasteiger partial charge in [-0.2, -0.15) is 26.9 Å². The highest BCUT2D eigenvalue weighted by atomic mass is 19.4. The molecule has 0 aliphatic heterocycles. The predicted molar refractivity (Wildman–Crippen MR) is 159 cm³/mol. The molecule has 46 heavy (non-hydrogen) atoms. The summed E-state index contributed by atoms with van der Waals surface area (Å²) in [6.07, 6.45) is -0.569. The van der Waals surface area contributed by atoms with E-state index in [0.717, 1.165) is 32.3 Å². The van der Waals surface area contributed by atoms with Gasteiger partial charge in [0.2, 0.25) is 5.60 Å². The fourth-order valence-electron chi connectivity index (χ4n) is 6.55. The van der Waals surface area contributed by atoms with E-state index in [2.05, 4.69) is 15.1 Å². The Bertz CT molecular complexity index is 1540. The summed E-state index contributed by atoms with van der Waals surface area (Å²) < 4.78 is 79.0. The number of carbonyl (C=O) groups is 1. The standard InChI is InChI=1S/C33H39F5N4O4/c1-29(2,44)24-10-8-20(9-11-24)21-13-16-39-25(17-21)42(28(43)45-30(3,4)33(36,37)38)19-23-12-15-32(14-6-7-22(23)18-32)26-40-27(46-41-26)31(5,34)35/h8-11,13,16-17,22-23,44H,6-7,12,14-15,18-19H2,1-5H3.